The van der Waals surface area contributed by atoms with Crippen LogP contribution in [0.15, 0.2) is 4.99 Å². The van der Waals surface area contributed by atoms with Crippen LogP contribution in [0.4, 0.5) is 0 Å². The van der Waals surface area contributed by atoms with Crippen LogP contribution in [0, 0.1) is 0 Å². The average molecular weight is 173 g/mol. The maximum absolute atomic E-state index is 5.65. The van der Waals surface area contributed by atoms with Crippen LogP contribution in [0.2, 0.25) is 0 Å². The third-order valence-corrected chi connectivity index (χ3v) is 1.55. The lowest BCUT2D eigenvalue weighted by molar-refractivity contribution is 0.188. The van der Waals surface area contributed by atoms with E-state index in [1.54, 1.807) is 7.11 Å². The molecule has 0 aromatic heterocycles. The highest BCUT2D eigenvalue weighted by atomic mass is 16.5. The van der Waals surface area contributed by atoms with E-state index in [9.17, 15) is 0 Å². The van der Waals surface area contributed by atoms with Gasteiger partial charge in [-0.3, -0.25) is 4.99 Å². The first kappa shape index (κ1) is 11.2. The van der Waals surface area contributed by atoms with Crippen molar-refractivity contribution in [1.82, 2.24) is 4.90 Å². The summed E-state index contributed by atoms with van der Waals surface area (Å²) in [5.74, 6) is 0.605. The Balaban J connectivity index is 3.56. The van der Waals surface area contributed by atoms with Crippen molar-refractivity contribution in [2.45, 2.75) is 13.3 Å². The zero-order valence-electron chi connectivity index (χ0n) is 8.21. The minimum atomic E-state index is 0.605. The van der Waals surface area contributed by atoms with Gasteiger partial charge in [0.25, 0.3) is 0 Å². The number of guanidine groups is 1. The van der Waals surface area contributed by atoms with E-state index in [2.05, 4.69) is 4.99 Å². The van der Waals surface area contributed by atoms with Gasteiger partial charge in [-0.15, -0.1) is 0 Å². The van der Waals surface area contributed by atoms with Crippen LogP contribution >= 0.6 is 0 Å². The highest BCUT2D eigenvalue weighted by molar-refractivity contribution is 5.77. The van der Waals surface area contributed by atoms with Gasteiger partial charge in [0.15, 0.2) is 5.96 Å². The molecule has 0 heterocycles. The van der Waals surface area contributed by atoms with Crippen molar-refractivity contribution < 1.29 is 4.74 Å². The van der Waals surface area contributed by atoms with Crippen molar-refractivity contribution in [1.29, 1.82) is 0 Å². The van der Waals surface area contributed by atoms with Crippen LogP contribution in [-0.4, -0.2) is 44.7 Å². The number of hydrogen-bond acceptors (Lipinski definition) is 2. The van der Waals surface area contributed by atoms with Gasteiger partial charge in [-0.05, 0) is 13.3 Å². The predicted molar refractivity (Wildman–Crippen MR) is 51.3 cm³/mol. The molecule has 0 rings (SSSR count). The molecule has 0 saturated heterocycles. The molecule has 0 aromatic rings. The highest BCUT2D eigenvalue weighted by Crippen LogP contribution is 1.87. The van der Waals surface area contributed by atoms with Crippen LogP contribution in [-0.2, 0) is 4.74 Å². The van der Waals surface area contributed by atoms with Gasteiger partial charge in [0.05, 0.1) is 0 Å². The minimum absolute atomic E-state index is 0.605. The number of methoxy groups -OCH3 is 1. The largest absolute Gasteiger partial charge is 0.385 e. The Morgan fingerprint density at radius 2 is 2.25 bits per heavy atom. The van der Waals surface area contributed by atoms with Gasteiger partial charge in [-0.25, -0.2) is 0 Å². The maximum Gasteiger partial charge on any atom is 0.190 e. The van der Waals surface area contributed by atoms with Crippen molar-refractivity contribution >= 4 is 5.96 Å². The smallest absolute Gasteiger partial charge is 0.190 e. The molecule has 4 nitrogen and oxygen atoms in total. The molecule has 0 aromatic carbocycles. The number of nitrogens with two attached hydrogens (primary N) is 1. The van der Waals surface area contributed by atoms with Crippen molar-refractivity contribution in [3.63, 3.8) is 0 Å². The summed E-state index contributed by atoms with van der Waals surface area (Å²) >= 11 is 0. The van der Waals surface area contributed by atoms with E-state index < -0.39 is 0 Å². The van der Waals surface area contributed by atoms with Gasteiger partial charge >= 0.3 is 0 Å². The van der Waals surface area contributed by atoms with E-state index in [1.165, 1.54) is 0 Å². The molecule has 0 unspecified atom stereocenters. The average Bonchev–Trinajstić information content (AvgIpc) is 2.05. The summed E-state index contributed by atoms with van der Waals surface area (Å²) in [7, 11) is 3.63. The lowest BCUT2D eigenvalue weighted by atomic mass is 10.4. The number of ether oxygens (including phenoxy) is 1. The van der Waals surface area contributed by atoms with Crippen LogP contribution in [0.5, 0.6) is 0 Å². The van der Waals surface area contributed by atoms with E-state index in [0.717, 1.165) is 26.1 Å². The second-order valence-corrected chi connectivity index (χ2v) is 2.60. The van der Waals surface area contributed by atoms with Crippen LogP contribution in [0.3, 0.4) is 0 Å². The molecule has 0 bridgehead atoms. The Bertz CT molecular complexity index is 136. The second-order valence-electron chi connectivity index (χ2n) is 2.60. The quantitative estimate of drug-likeness (QED) is 0.369. The van der Waals surface area contributed by atoms with E-state index in [4.69, 9.17) is 10.5 Å². The Morgan fingerprint density at radius 1 is 1.58 bits per heavy atom. The van der Waals surface area contributed by atoms with Crippen LogP contribution < -0.4 is 5.73 Å². The van der Waals surface area contributed by atoms with Crippen molar-refractivity contribution in [3.05, 3.63) is 0 Å². The Morgan fingerprint density at radius 3 is 2.75 bits per heavy atom. The normalized spacial score (nSPS) is 11.8. The summed E-state index contributed by atoms with van der Waals surface area (Å²) in [6.07, 6.45) is 0.979. The summed E-state index contributed by atoms with van der Waals surface area (Å²) < 4.78 is 4.92. The zero-order valence-corrected chi connectivity index (χ0v) is 8.21. The lowest BCUT2D eigenvalue weighted by Gasteiger charge is -2.17. The van der Waals surface area contributed by atoms with Gasteiger partial charge in [0, 0.05) is 33.9 Å². The van der Waals surface area contributed by atoms with E-state index in [0.29, 0.717) is 5.96 Å². The summed E-state index contributed by atoms with van der Waals surface area (Å²) in [5, 5.41) is 0. The number of nitrogens with zero attached hydrogens (tertiary/aromatic N) is 2. The molecular weight excluding hydrogens is 154 g/mol. The Hall–Kier alpha value is -0.770. The van der Waals surface area contributed by atoms with Crippen molar-refractivity contribution in [3.8, 4) is 0 Å². The molecule has 72 valence electrons. The molecule has 0 aliphatic rings. The minimum Gasteiger partial charge on any atom is -0.385 e. The lowest BCUT2D eigenvalue weighted by Crippen LogP contribution is -2.35. The summed E-state index contributed by atoms with van der Waals surface area (Å²) in [5.41, 5.74) is 5.65. The third-order valence-electron chi connectivity index (χ3n) is 1.55. The summed E-state index contributed by atoms with van der Waals surface area (Å²) in [6.45, 7) is 4.36. The molecule has 2 N–H and O–H groups in total. The topological polar surface area (TPSA) is 50.8 Å². The van der Waals surface area contributed by atoms with Gasteiger partial charge in [-0.1, -0.05) is 0 Å². The highest BCUT2D eigenvalue weighted by Gasteiger charge is 1.99. The predicted octanol–water partition coefficient (Wildman–Crippen LogP) is 0.289. The Kier molecular flexibility index (Phi) is 6.47. The van der Waals surface area contributed by atoms with E-state index >= 15 is 0 Å². The molecule has 0 amide bonds. The van der Waals surface area contributed by atoms with Gasteiger partial charge < -0.3 is 15.4 Å². The molecule has 0 aliphatic heterocycles. The molecule has 0 saturated carbocycles. The van der Waals surface area contributed by atoms with Gasteiger partial charge in [0.1, 0.15) is 0 Å². The zero-order chi connectivity index (χ0) is 9.40. The van der Waals surface area contributed by atoms with Crippen LogP contribution in [0.1, 0.15) is 13.3 Å². The number of rotatable bonds is 5. The SMILES string of the molecule is CCN=C(N)N(C)CCCOC. The molecular formula is C8H19N3O. The molecule has 4 heteroatoms. The van der Waals surface area contributed by atoms with Crippen LogP contribution in [0.25, 0.3) is 0 Å². The molecule has 12 heavy (non-hydrogen) atoms. The summed E-state index contributed by atoms with van der Waals surface area (Å²) in [4.78, 5) is 6.02. The van der Waals surface area contributed by atoms with Crippen molar-refractivity contribution in [2.75, 3.05) is 33.9 Å². The number of hydrogen-bond donors (Lipinski definition) is 1. The van der Waals surface area contributed by atoms with E-state index in [1.807, 2.05) is 18.9 Å². The molecule has 0 spiro atoms. The van der Waals surface area contributed by atoms with Gasteiger partial charge in [0.2, 0.25) is 0 Å². The second kappa shape index (κ2) is 6.91. The molecule has 0 radical (unpaired) electrons. The molecule has 0 fully saturated rings. The first-order chi connectivity index (χ1) is 5.72. The van der Waals surface area contributed by atoms with E-state index in [-0.39, 0.29) is 0 Å². The van der Waals surface area contributed by atoms with Crippen molar-refractivity contribution in [2.24, 2.45) is 10.7 Å². The third kappa shape index (κ3) is 4.96. The first-order valence-corrected chi connectivity index (χ1v) is 4.22. The fourth-order valence-electron chi connectivity index (χ4n) is 0.843. The summed E-state index contributed by atoms with van der Waals surface area (Å²) in [6, 6.07) is 0. The Labute approximate surface area is 74.4 Å². The first-order valence-electron chi connectivity index (χ1n) is 4.22. The van der Waals surface area contributed by atoms with Gasteiger partial charge in [-0.2, -0.15) is 0 Å². The fourth-order valence-corrected chi connectivity index (χ4v) is 0.843. The standard InChI is InChI=1S/C8H19N3O/c1-4-10-8(9)11(2)6-5-7-12-3/h4-7H2,1-3H3,(H2,9,10). The molecule has 0 aliphatic carbocycles. The monoisotopic (exact) mass is 173 g/mol. The maximum atomic E-state index is 5.65. The number of aliphatic imine (C=N–C) groups is 1. The molecule has 0 atom stereocenters. The fraction of sp³-hybridized carbons (Fsp3) is 0.875.